The number of nitrogens with two attached hydrogens (primary N) is 1. The van der Waals surface area contributed by atoms with Gasteiger partial charge in [-0.25, -0.2) is 8.77 Å². The first-order valence-corrected chi connectivity index (χ1v) is 5.22. The molecule has 0 saturated heterocycles. The summed E-state index contributed by atoms with van der Waals surface area (Å²) in [4.78, 5) is 14.7. The summed E-state index contributed by atoms with van der Waals surface area (Å²) in [6.45, 7) is 1.17. The maximum absolute atomic E-state index is 11.3. The molecule has 0 aromatic carbocycles. The highest BCUT2D eigenvalue weighted by Gasteiger charge is 2.14. The molecule has 0 aliphatic carbocycles. The van der Waals surface area contributed by atoms with E-state index in [9.17, 15) is 9.90 Å². The highest BCUT2D eigenvalue weighted by Crippen LogP contribution is 2.11. The Morgan fingerprint density at radius 1 is 1.75 bits per heavy atom. The Morgan fingerprint density at radius 2 is 2.44 bits per heavy atom. The first-order chi connectivity index (χ1) is 7.54. The zero-order valence-corrected chi connectivity index (χ0v) is 9.42. The number of hydrogen-bond donors (Lipinski definition) is 3. The van der Waals surface area contributed by atoms with Crippen LogP contribution in [0.5, 0.6) is 0 Å². The van der Waals surface area contributed by atoms with Crippen LogP contribution in [0.25, 0.3) is 0 Å². The van der Waals surface area contributed by atoms with Gasteiger partial charge in [0.25, 0.3) is 0 Å². The summed E-state index contributed by atoms with van der Waals surface area (Å²) < 4.78 is 6.21. The van der Waals surface area contributed by atoms with E-state index in [-0.39, 0.29) is 5.82 Å². The van der Waals surface area contributed by atoms with Gasteiger partial charge in [-0.3, -0.25) is 4.18 Å². The molecule has 0 bridgehead atoms. The van der Waals surface area contributed by atoms with E-state index in [1.807, 2.05) is 0 Å². The van der Waals surface area contributed by atoms with Gasteiger partial charge in [-0.05, 0) is 13.0 Å². The normalized spacial score (nSPS) is 14.7. The molecule has 1 rings (SSSR count). The highest BCUT2D eigenvalue weighted by molar-refractivity contribution is 7.93. The van der Waals surface area contributed by atoms with Crippen LogP contribution in [0, 0.1) is 0 Å². The zero-order valence-electron chi connectivity index (χ0n) is 8.61. The van der Waals surface area contributed by atoms with Gasteiger partial charge in [0.2, 0.25) is 0 Å². The van der Waals surface area contributed by atoms with Crippen molar-refractivity contribution in [3.8, 4) is 0 Å². The Kier molecular flexibility index (Phi) is 4.74. The summed E-state index contributed by atoms with van der Waals surface area (Å²) in [6, 6.07) is 1.45. The van der Waals surface area contributed by atoms with Crippen molar-refractivity contribution in [3.05, 3.63) is 22.7 Å². The maximum atomic E-state index is 11.3. The first kappa shape index (κ1) is 13.0. The average Bonchev–Trinajstić information content (AvgIpc) is 2.26. The van der Waals surface area contributed by atoms with Crippen LogP contribution in [0.3, 0.4) is 0 Å². The minimum absolute atomic E-state index is 0.130. The van der Waals surface area contributed by atoms with E-state index in [0.29, 0.717) is 0 Å². The molecule has 0 spiro atoms. The Labute approximate surface area is 96.2 Å². The summed E-state index contributed by atoms with van der Waals surface area (Å²) in [5, 5.41) is 17.9. The van der Waals surface area contributed by atoms with Crippen LogP contribution in [-0.2, 0) is 4.18 Å². The van der Waals surface area contributed by atoms with Gasteiger partial charge in [-0.2, -0.15) is 4.98 Å². The molecule has 0 aliphatic heterocycles. The summed E-state index contributed by atoms with van der Waals surface area (Å²) in [5.74, 6) is 0.130. The second kappa shape index (κ2) is 5.85. The van der Waals surface area contributed by atoms with E-state index in [4.69, 9.17) is 15.0 Å². The third-order valence-corrected chi connectivity index (χ3v) is 2.63. The second-order valence-electron chi connectivity index (χ2n) is 3.09. The number of aliphatic hydroxyl groups is 2. The minimum Gasteiger partial charge on any atom is -0.394 e. The molecule has 1 aromatic rings. The maximum Gasteiger partial charge on any atom is 0.361 e. The number of aliphatic hydroxyl groups excluding tert-OH is 2. The molecule has 0 radical (unpaired) electrons. The van der Waals surface area contributed by atoms with Crippen molar-refractivity contribution >= 4 is 18.0 Å². The summed E-state index contributed by atoms with van der Waals surface area (Å²) in [5.41, 5.74) is 4.75. The van der Waals surface area contributed by atoms with Gasteiger partial charge in [0, 0.05) is 6.20 Å². The number of aromatic nitrogens is 2. The average molecular weight is 247 g/mol. The predicted octanol–water partition coefficient (Wildman–Crippen LogP) is -1.00. The van der Waals surface area contributed by atoms with Crippen LogP contribution >= 0.6 is 12.2 Å². The van der Waals surface area contributed by atoms with Gasteiger partial charge in [0.05, 0.1) is 12.7 Å². The molecule has 90 valence electrons. The molecule has 1 unspecified atom stereocenters. The summed E-state index contributed by atoms with van der Waals surface area (Å²) in [7, 11) is 0. The van der Waals surface area contributed by atoms with Crippen molar-refractivity contribution in [2.75, 3.05) is 12.3 Å². The topological polar surface area (TPSA) is 111 Å². The molecule has 4 N–H and O–H groups in total. The fraction of sp³-hybridized carbons (Fsp3) is 0.500. The smallest absolute Gasteiger partial charge is 0.361 e. The second-order valence-corrected chi connectivity index (χ2v) is 3.82. The van der Waals surface area contributed by atoms with E-state index < -0.39 is 24.5 Å². The largest absolute Gasteiger partial charge is 0.394 e. The molecular formula is C8H13N3O4S. The Hall–Kier alpha value is -1.09. The molecule has 0 fully saturated rings. The van der Waals surface area contributed by atoms with Gasteiger partial charge < -0.3 is 15.9 Å². The minimum atomic E-state index is -0.995. The summed E-state index contributed by atoms with van der Waals surface area (Å²) >= 11 is 0.723. The molecule has 16 heavy (non-hydrogen) atoms. The molecule has 0 aliphatic rings. The van der Waals surface area contributed by atoms with Crippen molar-refractivity contribution in [2.45, 2.75) is 19.1 Å². The number of rotatable bonds is 5. The standard InChI is InChI=1S/C8H13N3O4S/c1-5(6(13)4-12)15-16-11-3-2-7(9)10-8(11)14/h2-3,5-6,12-13H,4H2,1H3,(H2,9,10,14)/t5?,6-/m1/s1. The van der Waals surface area contributed by atoms with Gasteiger partial charge in [0.1, 0.15) is 24.2 Å². The number of nitrogen functional groups attached to an aromatic ring is 1. The van der Waals surface area contributed by atoms with E-state index >= 15 is 0 Å². The van der Waals surface area contributed by atoms with Gasteiger partial charge in [0.15, 0.2) is 0 Å². The lowest BCUT2D eigenvalue weighted by Crippen LogP contribution is -2.29. The van der Waals surface area contributed by atoms with Crippen LogP contribution in [0.4, 0.5) is 5.82 Å². The molecule has 0 saturated carbocycles. The third-order valence-electron chi connectivity index (χ3n) is 1.80. The Balaban J connectivity index is 2.58. The van der Waals surface area contributed by atoms with Crippen molar-refractivity contribution in [1.82, 2.24) is 8.96 Å². The van der Waals surface area contributed by atoms with Crippen LogP contribution in [-0.4, -0.2) is 38.0 Å². The molecule has 1 aromatic heterocycles. The van der Waals surface area contributed by atoms with Crippen LogP contribution in [0.2, 0.25) is 0 Å². The number of nitrogens with zero attached hydrogens (tertiary/aromatic N) is 2. The van der Waals surface area contributed by atoms with Crippen LogP contribution in [0.15, 0.2) is 17.1 Å². The van der Waals surface area contributed by atoms with Crippen LogP contribution in [0.1, 0.15) is 6.92 Å². The van der Waals surface area contributed by atoms with Gasteiger partial charge >= 0.3 is 5.69 Å². The first-order valence-electron chi connectivity index (χ1n) is 4.52. The van der Waals surface area contributed by atoms with E-state index in [0.717, 1.165) is 16.2 Å². The fourth-order valence-electron chi connectivity index (χ4n) is 0.788. The SMILES string of the molecule is CC(OSn1ccc(N)nc1=O)[C@H](O)CO. The highest BCUT2D eigenvalue weighted by atomic mass is 32.2. The van der Waals surface area contributed by atoms with E-state index in [1.54, 1.807) is 6.92 Å². The van der Waals surface area contributed by atoms with Gasteiger partial charge in [-0.1, -0.05) is 0 Å². The molecular weight excluding hydrogens is 234 g/mol. The van der Waals surface area contributed by atoms with Crippen molar-refractivity contribution in [3.63, 3.8) is 0 Å². The van der Waals surface area contributed by atoms with Crippen molar-refractivity contribution in [1.29, 1.82) is 0 Å². The lowest BCUT2D eigenvalue weighted by molar-refractivity contribution is 0.0165. The van der Waals surface area contributed by atoms with E-state index in [1.165, 1.54) is 12.3 Å². The molecule has 8 heteroatoms. The molecule has 1 heterocycles. The summed E-state index contributed by atoms with van der Waals surface area (Å²) in [6.07, 6.45) is -0.197. The lowest BCUT2D eigenvalue weighted by Gasteiger charge is -2.15. The van der Waals surface area contributed by atoms with Crippen molar-refractivity contribution in [2.24, 2.45) is 0 Å². The monoisotopic (exact) mass is 247 g/mol. The zero-order chi connectivity index (χ0) is 12.1. The van der Waals surface area contributed by atoms with Crippen LogP contribution < -0.4 is 11.4 Å². The quantitative estimate of drug-likeness (QED) is 0.572. The molecule has 0 amide bonds. The number of anilines is 1. The van der Waals surface area contributed by atoms with Crippen molar-refractivity contribution < 1.29 is 14.4 Å². The lowest BCUT2D eigenvalue weighted by atomic mass is 10.2. The Bertz CT molecular complexity index is 397. The number of hydrogen-bond acceptors (Lipinski definition) is 7. The third kappa shape index (κ3) is 3.49. The Morgan fingerprint density at radius 3 is 3.00 bits per heavy atom. The molecule has 7 nitrogen and oxygen atoms in total. The fourth-order valence-corrected chi connectivity index (χ4v) is 1.36. The van der Waals surface area contributed by atoms with E-state index in [2.05, 4.69) is 4.98 Å². The predicted molar refractivity (Wildman–Crippen MR) is 59.5 cm³/mol. The molecule has 2 atom stereocenters. The van der Waals surface area contributed by atoms with Gasteiger partial charge in [-0.15, -0.1) is 0 Å².